The van der Waals surface area contributed by atoms with Crippen LogP contribution in [0.5, 0.6) is 0 Å². The maximum atomic E-state index is 11.4. The zero-order chi connectivity index (χ0) is 14.3. The molecule has 4 nitrogen and oxygen atoms in total. The number of hydrogen-bond donors (Lipinski definition) is 2. The summed E-state index contributed by atoms with van der Waals surface area (Å²) in [5, 5.41) is 18.5. The van der Waals surface area contributed by atoms with Crippen molar-refractivity contribution in [3.63, 3.8) is 0 Å². The maximum Gasteiger partial charge on any atom is 0.337 e. The molecule has 20 heavy (non-hydrogen) atoms. The molecule has 2 N–H and O–H groups in total. The highest BCUT2D eigenvalue weighted by molar-refractivity contribution is 7.99. The van der Waals surface area contributed by atoms with Gasteiger partial charge >= 0.3 is 11.9 Å². The minimum Gasteiger partial charge on any atom is -0.478 e. The Bertz CT molecular complexity index is 737. The Morgan fingerprint density at radius 2 is 1.70 bits per heavy atom. The summed E-state index contributed by atoms with van der Waals surface area (Å²) in [6.07, 6.45) is 0.624. The first-order chi connectivity index (χ1) is 9.58. The van der Waals surface area contributed by atoms with Gasteiger partial charge in [0, 0.05) is 9.79 Å². The number of benzene rings is 2. The topological polar surface area (TPSA) is 74.6 Å². The molecule has 0 fully saturated rings. The second-order valence-corrected chi connectivity index (χ2v) is 5.53. The van der Waals surface area contributed by atoms with Crippen LogP contribution in [-0.4, -0.2) is 22.2 Å². The van der Waals surface area contributed by atoms with E-state index in [0.717, 1.165) is 16.0 Å². The van der Waals surface area contributed by atoms with Gasteiger partial charge < -0.3 is 10.2 Å². The molecule has 100 valence electrons. The molecule has 0 aromatic heterocycles. The predicted octanol–water partition coefficient (Wildman–Crippen LogP) is 3.14. The van der Waals surface area contributed by atoms with Gasteiger partial charge in [-0.2, -0.15) is 0 Å². The molecule has 0 spiro atoms. The molecule has 0 unspecified atom stereocenters. The molecule has 1 aliphatic rings. The fourth-order valence-corrected chi connectivity index (χ4v) is 3.55. The zero-order valence-electron chi connectivity index (χ0n) is 10.3. The summed E-state index contributed by atoms with van der Waals surface area (Å²) in [4.78, 5) is 24.1. The molecule has 0 atom stereocenters. The van der Waals surface area contributed by atoms with Crippen molar-refractivity contribution in [3.8, 4) is 0 Å². The highest BCUT2D eigenvalue weighted by atomic mass is 32.2. The Kier molecular flexibility index (Phi) is 2.99. The highest BCUT2D eigenvalue weighted by Gasteiger charge is 2.26. The van der Waals surface area contributed by atoms with E-state index in [2.05, 4.69) is 0 Å². The highest BCUT2D eigenvalue weighted by Crippen LogP contribution is 2.42. The lowest BCUT2D eigenvalue weighted by Gasteiger charge is -2.21. The summed E-state index contributed by atoms with van der Waals surface area (Å²) in [5.74, 6) is -2.42. The van der Waals surface area contributed by atoms with E-state index in [9.17, 15) is 14.7 Å². The number of aromatic carboxylic acids is 2. The summed E-state index contributed by atoms with van der Waals surface area (Å²) < 4.78 is 0. The Hall–Kier alpha value is -2.27. The van der Waals surface area contributed by atoms with E-state index in [1.807, 2.05) is 24.3 Å². The van der Waals surface area contributed by atoms with E-state index in [-0.39, 0.29) is 11.1 Å². The number of carboxylic acids is 2. The van der Waals surface area contributed by atoms with Crippen LogP contribution in [0.15, 0.2) is 46.2 Å². The molecule has 2 aromatic rings. The fourth-order valence-electron chi connectivity index (χ4n) is 2.34. The van der Waals surface area contributed by atoms with Crippen molar-refractivity contribution in [1.29, 1.82) is 0 Å². The van der Waals surface area contributed by atoms with Crippen LogP contribution < -0.4 is 0 Å². The van der Waals surface area contributed by atoms with Crippen molar-refractivity contribution in [2.45, 2.75) is 16.2 Å². The third-order valence-corrected chi connectivity index (χ3v) is 4.54. The van der Waals surface area contributed by atoms with E-state index < -0.39 is 11.9 Å². The average molecular weight is 286 g/mol. The summed E-state index contributed by atoms with van der Waals surface area (Å²) in [6.45, 7) is 0. The van der Waals surface area contributed by atoms with Crippen molar-refractivity contribution in [2.75, 3.05) is 0 Å². The van der Waals surface area contributed by atoms with Gasteiger partial charge in [-0.15, -0.1) is 0 Å². The van der Waals surface area contributed by atoms with Crippen LogP contribution in [0.25, 0.3) is 0 Å². The molecule has 0 amide bonds. The van der Waals surface area contributed by atoms with Gasteiger partial charge in [0.05, 0.1) is 11.1 Å². The molecule has 2 aromatic carbocycles. The number of carboxylic acid groups (broad SMARTS) is 2. The molecule has 0 saturated heterocycles. The van der Waals surface area contributed by atoms with Crippen molar-refractivity contribution >= 4 is 23.7 Å². The Labute approximate surface area is 119 Å². The Morgan fingerprint density at radius 1 is 0.950 bits per heavy atom. The SMILES string of the molecule is O=C(O)c1ccc2c(c1C(=O)O)Sc1ccccc1C2. The van der Waals surface area contributed by atoms with Gasteiger partial charge in [0.2, 0.25) is 0 Å². The molecular weight excluding hydrogens is 276 g/mol. The molecule has 3 rings (SSSR count). The molecule has 1 aliphatic heterocycles. The molecule has 0 saturated carbocycles. The minimum absolute atomic E-state index is 0.116. The van der Waals surface area contributed by atoms with Crippen LogP contribution in [0.4, 0.5) is 0 Å². The lowest BCUT2D eigenvalue weighted by molar-refractivity contribution is 0.0648. The Balaban J connectivity index is 2.21. The second kappa shape index (κ2) is 4.68. The monoisotopic (exact) mass is 286 g/mol. The third-order valence-electron chi connectivity index (χ3n) is 3.25. The zero-order valence-corrected chi connectivity index (χ0v) is 11.1. The lowest BCUT2D eigenvalue weighted by atomic mass is 9.98. The van der Waals surface area contributed by atoms with E-state index in [1.54, 1.807) is 6.07 Å². The Morgan fingerprint density at radius 3 is 2.40 bits per heavy atom. The van der Waals surface area contributed by atoms with Crippen molar-refractivity contribution in [1.82, 2.24) is 0 Å². The summed E-state index contributed by atoms with van der Waals surface area (Å²) in [5.41, 5.74) is 1.71. The molecule has 0 radical (unpaired) electrons. The van der Waals surface area contributed by atoms with Crippen LogP contribution in [0.3, 0.4) is 0 Å². The number of carbonyl (C=O) groups is 2. The first-order valence-corrected chi connectivity index (χ1v) is 6.78. The molecular formula is C15H10O4S. The fraction of sp³-hybridized carbons (Fsp3) is 0.0667. The first-order valence-electron chi connectivity index (χ1n) is 5.96. The quantitative estimate of drug-likeness (QED) is 0.757. The van der Waals surface area contributed by atoms with E-state index in [4.69, 9.17) is 5.11 Å². The summed E-state index contributed by atoms with van der Waals surface area (Å²) in [6, 6.07) is 10.8. The average Bonchev–Trinajstić information content (AvgIpc) is 2.43. The standard InChI is InChI=1S/C15H10O4S/c16-14(17)10-6-5-9-7-8-3-1-2-4-11(8)20-13(9)12(10)15(18)19/h1-6H,7H2,(H,16,17)(H,18,19). The second-order valence-electron chi connectivity index (χ2n) is 4.47. The maximum absolute atomic E-state index is 11.4. The lowest BCUT2D eigenvalue weighted by Crippen LogP contribution is -2.13. The van der Waals surface area contributed by atoms with Gasteiger partial charge in [0.1, 0.15) is 0 Å². The molecule has 0 bridgehead atoms. The van der Waals surface area contributed by atoms with Crippen molar-refractivity contribution in [3.05, 3.63) is 58.7 Å². The number of rotatable bonds is 2. The smallest absolute Gasteiger partial charge is 0.337 e. The van der Waals surface area contributed by atoms with Crippen molar-refractivity contribution < 1.29 is 19.8 Å². The van der Waals surface area contributed by atoms with Crippen molar-refractivity contribution in [2.24, 2.45) is 0 Å². The van der Waals surface area contributed by atoms with Crippen LogP contribution in [0.2, 0.25) is 0 Å². The van der Waals surface area contributed by atoms with Crippen LogP contribution in [-0.2, 0) is 6.42 Å². The molecule has 1 heterocycles. The minimum atomic E-state index is -1.22. The summed E-state index contributed by atoms with van der Waals surface area (Å²) in [7, 11) is 0. The van der Waals surface area contributed by atoms with Gasteiger partial charge in [-0.25, -0.2) is 9.59 Å². The van der Waals surface area contributed by atoms with Gasteiger partial charge in [-0.05, 0) is 29.7 Å². The normalized spacial score (nSPS) is 12.4. The van der Waals surface area contributed by atoms with E-state index in [1.165, 1.54) is 17.8 Å². The third kappa shape index (κ3) is 1.96. The number of hydrogen-bond acceptors (Lipinski definition) is 3. The van der Waals surface area contributed by atoms with Gasteiger partial charge in [0.25, 0.3) is 0 Å². The van der Waals surface area contributed by atoms with Crippen LogP contribution in [0.1, 0.15) is 31.8 Å². The van der Waals surface area contributed by atoms with Gasteiger partial charge in [-0.1, -0.05) is 36.0 Å². The summed E-state index contributed by atoms with van der Waals surface area (Å²) >= 11 is 1.32. The van der Waals surface area contributed by atoms with Crippen LogP contribution >= 0.6 is 11.8 Å². The largest absolute Gasteiger partial charge is 0.478 e. The number of fused-ring (bicyclic) bond motifs is 2. The van der Waals surface area contributed by atoms with Gasteiger partial charge in [0.15, 0.2) is 0 Å². The first kappa shape index (κ1) is 12.7. The van der Waals surface area contributed by atoms with E-state index >= 15 is 0 Å². The van der Waals surface area contributed by atoms with Crippen LogP contribution in [0, 0.1) is 0 Å². The van der Waals surface area contributed by atoms with Gasteiger partial charge in [-0.3, -0.25) is 0 Å². The van der Waals surface area contributed by atoms with E-state index in [0.29, 0.717) is 11.3 Å². The molecule has 5 heteroatoms. The molecule has 0 aliphatic carbocycles. The predicted molar refractivity (Wildman–Crippen MR) is 73.7 cm³/mol.